The number of hydrogen-bond donors (Lipinski definition) is 2. The Balaban J connectivity index is 1.80. The van der Waals surface area contributed by atoms with Crippen LogP contribution in [-0.2, 0) is 18.4 Å². The highest BCUT2D eigenvalue weighted by Crippen LogP contribution is 2.28. The van der Waals surface area contributed by atoms with Crippen molar-refractivity contribution in [3.8, 4) is 0 Å². The lowest BCUT2D eigenvalue weighted by molar-refractivity contribution is -0.126. The molecular formula is C14H24N4O. The van der Waals surface area contributed by atoms with Crippen LogP contribution >= 0.6 is 0 Å². The molecule has 1 fully saturated rings. The van der Waals surface area contributed by atoms with Crippen molar-refractivity contribution < 1.29 is 4.79 Å². The van der Waals surface area contributed by atoms with Gasteiger partial charge in [-0.15, -0.1) is 0 Å². The van der Waals surface area contributed by atoms with Gasteiger partial charge in [-0.05, 0) is 45.1 Å². The first-order chi connectivity index (χ1) is 9.11. The van der Waals surface area contributed by atoms with Gasteiger partial charge < -0.3 is 11.1 Å². The average Bonchev–Trinajstić information content (AvgIpc) is 2.76. The van der Waals surface area contributed by atoms with Crippen molar-refractivity contribution in [2.24, 2.45) is 24.6 Å². The Morgan fingerprint density at radius 1 is 1.47 bits per heavy atom. The number of rotatable bonds is 4. The van der Waals surface area contributed by atoms with Crippen LogP contribution in [0.5, 0.6) is 0 Å². The number of nitrogens with two attached hydrogens (primary N) is 1. The summed E-state index contributed by atoms with van der Waals surface area (Å²) in [6.07, 6.45) is 5.93. The summed E-state index contributed by atoms with van der Waals surface area (Å²) >= 11 is 0. The molecule has 3 N–H and O–H groups in total. The van der Waals surface area contributed by atoms with E-state index in [0.717, 1.165) is 43.5 Å². The minimum Gasteiger partial charge on any atom is -0.352 e. The van der Waals surface area contributed by atoms with Gasteiger partial charge in [0.25, 0.3) is 0 Å². The predicted octanol–water partition coefficient (Wildman–Crippen LogP) is 1.11. The van der Waals surface area contributed by atoms with Crippen molar-refractivity contribution in [1.82, 2.24) is 15.1 Å². The van der Waals surface area contributed by atoms with Crippen LogP contribution in [0.3, 0.4) is 0 Å². The minimum absolute atomic E-state index is 0.166. The third kappa shape index (κ3) is 3.35. The molecule has 0 spiro atoms. The fourth-order valence-electron chi connectivity index (χ4n) is 2.70. The molecular weight excluding hydrogens is 240 g/mol. The maximum Gasteiger partial charge on any atom is 0.223 e. The molecule has 0 radical (unpaired) electrons. The lowest BCUT2D eigenvalue weighted by atomic mass is 9.81. The van der Waals surface area contributed by atoms with Gasteiger partial charge in [0, 0.05) is 30.8 Å². The summed E-state index contributed by atoms with van der Waals surface area (Å²) in [7, 11) is 1.91. The first-order valence-electron chi connectivity index (χ1n) is 7.07. The molecule has 5 nitrogen and oxygen atoms in total. The van der Waals surface area contributed by atoms with Crippen LogP contribution in [0.4, 0.5) is 0 Å². The zero-order valence-corrected chi connectivity index (χ0v) is 11.9. The fourth-order valence-corrected chi connectivity index (χ4v) is 2.70. The second kappa shape index (κ2) is 6.19. The van der Waals surface area contributed by atoms with E-state index in [1.54, 1.807) is 0 Å². The number of nitrogens with zero attached hydrogens (tertiary/aromatic N) is 2. The Hall–Kier alpha value is -1.36. The third-order valence-corrected chi connectivity index (χ3v) is 4.34. The first-order valence-corrected chi connectivity index (χ1v) is 7.07. The van der Waals surface area contributed by atoms with E-state index >= 15 is 0 Å². The minimum atomic E-state index is 0.166. The molecule has 1 aliphatic rings. The van der Waals surface area contributed by atoms with Gasteiger partial charge in [-0.1, -0.05) is 0 Å². The van der Waals surface area contributed by atoms with Gasteiger partial charge in [0.15, 0.2) is 0 Å². The van der Waals surface area contributed by atoms with E-state index < -0.39 is 0 Å². The lowest BCUT2D eigenvalue weighted by Gasteiger charge is -2.26. The summed E-state index contributed by atoms with van der Waals surface area (Å²) in [5.41, 5.74) is 7.86. The molecule has 5 heteroatoms. The molecule has 1 aromatic heterocycles. The zero-order chi connectivity index (χ0) is 13.8. The molecule has 1 saturated carbocycles. The van der Waals surface area contributed by atoms with E-state index in [0.29, 0.717) is 12.5 Å². The Kier molecular flexibility index (Phi) is 4.58. The molecule has 2 rings (SSSR count). The van der Waals surface area contributed by atoms with Gasteiger partial charge >= 0.3 is 0 Å². The summed E-state index contributed by atoms with van der Waals surface area (Å²) in [5.74, 6) is 0.961. The summed E-state index contributed by atoms with van der Waals surface area (Å²) < 4.78 is 1.83. The number of carbonyl (C=O) groups is 1. The second-order valence-corrected chi connectivity index (χ2v) is 5.55. The van der Waals surface area contributed by atoms with Gasteiger partial charge in [-0.3, -0.25) is 9.48 Å². The van der Waals surface area contributed by atoms with Crippen LogP contribution in [0.1, 0.15) is 36.9 Å². The van der Waals surface area contributed by atoms with E-state index in [2.05, 4.69) is 10.4 Å². The van der Waals surface area contributed by atoms with E-state index in [1.165, 1.54) is 0 Å². The Bertz CT molecular complexity index is 433. The summed E-state index contributed by atoms with van der Waals surface area (Å²) in [5, 5.41) is 7.21. The molecule has 1 heterocycles. The van der Waals surface area contributed by atoms with Crippen molar-refractivity contribution in [3.05, 3.63) is 17.5 Å². The van der Waals surface area contributed by atoms with E-state index in [4.69, 9.17) is 5.73 Å². The molecule has 1 aliphatic carbocycles. The normalized spacial score (nSPS) is 23.3. The van der Waals surface area contributed by atoms with Crippen LogP contribution in [0, 0.1) is 18.8 Å². The van der Waals surface area contributed by atoms with E-state index in [-0.39, 0.29) is 11.8 Å². The van der Waals surface area contributed by atoms with E-state index in [9.17, 15) is 4.79 Å². The molecule has 0 unspecified atom stereocenters. The molecule has 1 amide bonds. The largest absolute Gasteiger partial charge is 0.352 e. The highest BCUT2D eigenvalue weighted by Gasteiger charge is 2.25. The number of aromatic nitrogens is 2. The fraction of sp³-hybridized carbons (Fsp3) is 0.714. The monoisotopic (exact) mass is 264 g/mol. The van der Waals surface area contributed by atoms with Gasteiger partial charge in [-0.25, -0.2) is 0 Å². The third-order valence-electron chi connectivity index (χ3n) is 4.34. The van der Waals surface area contributed by atoms with Gasteiger partial charge in [-0.2, -0.15) is 5.10 Å². The van der Waals surface area contributed by atoms with Crippen molar-refractivity contribution in [2.75, 3.05) is 6.54 Å². The van der Waals surface area contributed by atoms with Gasteiger partial charge in [0.2, 0.25) is 5.91 Å². The van der Waals surface area contributed by atoms with Crippen molar-refractivity contribution >= 4 is 5.91 Å². The zero-order valence-electron chi connectivity index (χ0n) is 11.9. The van der Waals surface area contributed by atoms with Crippen LogP contribution in [0.25, 0.3) is 0 Å². The van der Waals surface area contributed by atoms with Crippen molar-refractivity contribution in [2.45, 2.75) is 39.2 Å². The Labute approximate surface area is 114 Å². The predicted molar refractivity (Wildman–Crippen MR) is 74.3 cm³/mol. The molecule has 19 heavy (non-hydrogen) atoms. The molecule has 106 valence electrons. The van der Waals surface area contributed by atoms with Crippen molar-refractivity contribution in [3.63, 3.8) is 0 Å². The van der Waals surface area contributed by atoms with Crippen LogP contribution < -0.4 is 11.1 Å². The number of aryl methyl sites for hydroxylation is 1. The van der Waals surface area contributed by atoms with Crippen LogP contribution in [0.2, 0.25) is 0 Å². The molecule has 0 aliphatic heterocycles. The van der Waals surface area contributed by atoms with Gasteiger partial charge in [0.05, 0.1) is 6.20 Å². The summed E-state index contributed by atoms with van der Waals surface area (Å²) in [4.78, 5) is 12.1. The molecule has 0 aromatic carbocycles. The van der Waals surface area contributed by atoms with Gasteiger partial charge in [0.1, 0.15) is 0 Å². The second-order valence-electron chi connectivity index (χ2n) is 5.55. The SMILES string of the molecule is Cc1c(CNC(=O)C2CCC(CN)CC2)cnn1C. The number of carbonyl (C=O) groups excluding carboxylic acids is 1. The van der Waals surface area contributed by atoms with Crippen molar-refractivity contribution in [1.29, 1.82) is 0 Å². The molecule has 0 atom stereocenters. The smallest absolute Gasteiger partial charge is 0.223 e. The summed E-state index contributed by atoms with van der Waals surface area (Å²) in [6.45, 7) is 3.35. The van der Waals surface area contributed by atoms with Crippen LogP contribution in [0.15, 0.2) is 6.20 Å². The van der Waals surface area contributed by atoms with E-state index in [1.807, 2.05) is 24.9 Å². The lowest BCUT2D eigenvalue weighted by Crippen LogP contribution is -2.34. The maximum absolute atomic E-state index is 12.1. The number of amides is 1. The highest BCUT2D eigenvalue weighted by atomic mass is 16.1. The maximum atomic E-state index is 12.1. The molecule has 1 aromatic rings. The van der Waals surface area contributed by atoms with Crippen LogP contribution in [-0.4, -0.2) is 22.2 Å². The number of hydrogen-bond acceptors (Lipinski definition) is 3. The highest BCUT2D eigenvalue weighted by molar-refractivity contribution is 5.78. The summed E-state index contributed by atoms with van der Waals surface area (Å²) in [6, 6.07) is 0. The Morgan fingerprint density at radius 3 is 2.68 bits per heavy atom. The topological polar surface area (TPSA) is 72.9 Å². The quantitative estimate of drug-likeness (QED) is 0.855. The average molecular weight is 264 g/mol. The number of nitrogens with one attached hydrogen (secondary N) is 1. The molecule has 0 saturated heterocycles. The Morgan fingerprint density at radius 2 is 2.16 bits per heavy atom. The molecule has 0 bridgehead atoms. The standard InChI is InChI=1S/C14H24N4O/c1-10-13(9-17-18(10)2)8-16-14(19)12-5-3-11(7-15)4-6-12/h9,11-12H,3-8,15H2,1-2H3,(H,16,19). The first kappa shape index (κ1) is 14.1.